The molecule has 1 fully saturated rings. The zero-order valence-electron chi connectivity index (χ0n) is 17.8. The number of rotatable bonds is 2. The fourth-order valence-electron chi connectivity index (χ4n) is 1.45. The Bertz CT molecular complexity index is 360. The van der Waals surface area contributed by atoms with Crippen molar-refractivity contribution in [3.63, 3.8) is 0 Å². The molecular weight excluding hydrogens is 298 g/mol. The first-order valence-corrected chi connectivity index (χ1v) is 9.45. The fraction of sp³-hybridized carbons (Fsp3) is 0.714. The Morgan fingerprint density at radius 3 is 1.71 bits per heavy atom. The molecule has 1 aliphatic rings. The standard InChI is InChI=1S/C10H13NO2.C5H12.3C2H6/c11-7-4-10(5-7)13-9-3-1-2-8(12)6-9;1-5(2,3)4;3*1-2/h1-3,6-7,10,12H,4-5,11H2;1-4H3;3*1-2H3. The molecule has 1 aromatic carbocycles. The van der Waals surface area contributed by atoms with E-state index >= 15 is 0 Å². The van der Waals surface area contributed by atoms with Crippen molar-refractivity contribution >= 4 is 0 Å². The van der Waals surface area contributed by atoms with Crippen molar-refractivity contribution in [2.24, 2.45) is 11.1 Å². The van der Waals surface area contributed by atoms with Crippen LogP contribution in [-0.2, 0) is 0 Å². The molecule has 1 saturated carbocycles. The molecule has 0 bridgehead atoms. The van der Waals surface area contributed by atoms with Crippen molar-refractivity contribution in [3.05, 3.63) is 24.3 Å². The van der Waals surface area contributed by atoms with Gasteiger partial charge in [0.05, 0.1) is 0 Å². The molecule has 0 heterocycles. The van der Waals surface area contributed by atoms with E-state index in [1.165, 1.54) is 0 Å². The minimum Gasteiger partial charge on any atom is -0.508 e. The third kappa shape index (κ3) is 18.8. The molecular formula is C21H43NO2. The maximum Gasteiger partial charge on any atom is 0.123 e. The van der Waals surface area contributed by atoms with Crippen LogP contribution in [0.5, 0.6) is 11.5 Å². The summed E-state index contributed by atoms with van der Waals surface area (Å²) in [5.74, 6) is 0.957. The number of ether oxygens (including phenoxy) is 1. The van der Waals surface area contributed by atoms with Gasteiger partial charge in [0.2, 0.25) is 0 Å². The Hall–Kier alpha value is -1.22. The Morgan fingerprint density at radius 1 is 0.958 bits per heavy atom. The zero-order chi connectivity index (χ0) is 19.8. The van der Waals surface area contributed by atoms with Gasteiger partial charge in [0.25, 0.3) is 0 Å². The van der Waals surface area contributed by atoms with E-state index in [-0.39, 0.29) is 11.9 Å². The largest absolute Gasteiger partial charge is 0.508 e. The van der Waals surface area contributed by atoms with Crippen LogP contribution in [0, 0.1) is 5.41 Å². The second-order valence-corrected chi connectivity index (χ2v) is 6.47. The minimum atomic E-state index is 0.233. The first-order valence-electron chi connectivity index (χ1n) is 9.45. The van der Waals surface area contributed by atoms with Gasteiger partial charge in [-0.15, -0.1) is 0 Å². The van der Waals surface area contributed by atoms with Gasteiger partial charge in [0.15, 0.2) is 0 Å². The summed E-state index contributed by atoms with van der Waals surface area (Å²) in [7, 11) is 0. The number of nitrogens with two attached hydrogens (primary N) is 1. The molecule has 2 rings (SSSR count). The molecule has 0 radical (unpaired) electrons. The van der Waals surface area contributed by atoms with E-state index in [0.717, 1.165) is 18.6 Å². The van der Waals surface area contributed by atoms with Crippen LogP contribution in [0.3, 0.4) is 0 Å². The lowest BCUT2D eigenvalue weighted by molar-refractivity contribution is 0.101. The third-order valence-corrected chi connectivity index (χ3v) is 2.25. The third-order valence-electron chi connectivity index (χ3n) is 2.25. The summed E-state index contributed by atoms with van der Waals surface area (Å²) >= 11 is 0. The second kappa shape index (κ2) is 16.6. The van der Waals surface area contributed by atoms with E-state index < -0.39 is 0 Å². The molecule has 0 spiro atoms. The van der Waals surface area contributed by atoms with Gasteiger partial charge in [-0.3, -0.25) is 0 Å². The van der Waals surface area contributed by atoms with Crippen molar-refractivity contribution < 1.29 is 9.84 Å². The van der Waals surface area contributed by atoms with Crippen LogP contribution < -0.4 is 10.5 Å². The van der Waals surface area contributed by atoms with Crippen LogP contribution in [-0.4, -0.2) is 17.3 Å². The molecule has 3 heteroatoms. The van der Waals surface area contributed by atoms with Gasteiger partial charge < -0.3 is 15.6 Å². The average Bonchev–Trinajstić information content (AvgIpc) is 2.50. The lowest BCUT2D eigenvalue weighted by atomic mass is 9.90. The fourth-order valence-corrected chi connectivity index (χ4v) is 1.45. The molecule has 0 amide bonds. The average molecular weight is 342 g/mol. The van der Waals surface area contributed by atoms with E-state index in [9.17, 15) is 0 Å². The Balaban J connectivity index is -0.000000340. The van der Waals surface area contributed by atoms with E-state index in [2.05, 4.69) is 27.7 Å². The highest BCUT2D eigenvalue weighted by Gasteiger charge is 2.27. The van der Waals surface area contributed by atoms with Crippen molar-refractivity contribution in [3.8, 4) is 11.5 Å². The van der Waals surface area contributed by atoms with Crippen LogP contribution >= 0.6 is 0 Å². The molecule has 1 aromatic rings. The summed E-state index contributed by atoms with van der Waals surface area (Å²) in [5.41, 5.74) is 6.12. The molecule has 0 saturated heterocycles. The molecule has 0 unspecified atom stereocenters. The summed E-state index contributed by atoms with van der Waals surface area (Å²) in [6.07, 6.45) is 2.06. The summed E-state index contributed by atoms with van der Waals surface area (Å²) in [6.45, 7) is 20.8. The summed E-state index contributed by atoms with van der Waals surface area (Å²) < 4.78 is 5.56. The predicted octanol–water partition coefficient (Wildman–Crippen LogP) is 6.39. The molecule has 0 aliphatic heterocycles. The summed E-state index contributed by atoms with van der Waals surface area (Å²) in [6, 6.07) is 7.14. The monoisotopic (exact) mass is 341 g/mol. The SMILES string of the molecule is CC.CC.CC.CC(C)(C)C.NC1CC(Oc2cccc(O)c2)C1. The molecule has 144 valence electrons. The van der Waals surface area contributed by atoms with Gasteiger partial charge in [-0.1, -0.05) is 75.3 Å². The van der Waals surface area contributed by atoms with Crippen LogP contribution in [0.1, 0.15) is 82.1 Å². The van der Waals surface area contributed by atoms with Gasteiger partial charge in [0, 0.05) is 12.1 Å². The summed E-state index contributed by atoms with van der Waals surface area (Å²) in [4.78, 5) is 0. The number of phenols is 1. The van der Waals surface area contributed by atoms with Crippen LogP contribution in [0.4, 0.5) is 0 Å². The van der Waals surface area contributed by atoms with E-state index in [1.807, 2.05) is 47.6 Å². The second-order valence-electron chi connectivity index (χ2n) is 6.47. The van der Waals surface area contributed by atoms with Gasteiger partial charge in [-0.2, -0.15) is 0 Å². The molecule has 3 N–H and O–H groups in total. The Labute approximate surface area is 151 Å². The first kappa shape index (κ1) is 27.6. The van der Waals surface area contributed by atoms with E-state index in [0.29, 0.717) is 11.5 Å². The topological polar surface area (TPSA) is 55.5 Å². The predicted molar refractivity (Wildman–Crippen MR) is 109 cm³/mol. The highest BCUT2D eigenvalue weighted by Crippen LogP contribution is 2.26. The van der Waals surface area contributed by atoms with Crippen molar-refractivity contribution in [1.29, 1.82) is 0 Å². The molecule has 3 nitrogen and oxygen atoms in total. The highest BCUT2D eigenvalue weighted by atomic mass is 16.5. The molecule has 0 aromatic heterocycles. The molecule has 0 atom stereocenters. The van der Waals surface area contributed by atoms with Crippen molar-refractivity contribution in [2.45, 2.75) is 94.2 Å². The van der Waals surface area contributed by atoms with Gasteiger partial charge in [-0.05, 0) is 30.4 Å². The van der Waals surface area contributed by atoms with E-state index in [4.69, 9.17) is 15.6 Å². The van der Waals surface area contributed by atoms with Gasteiger partial charge >= 0.3 is 0 Å². The maximum atomic E-state index is 9.16. The van der Waals surface area contributed by atoms with Crippen molar-refractivity contribution in [2.75, 3.05) is 0 Å². The number of aromatic hydroxyl groups is 1. The smallest absolute Gasteiger partial charge is 0.123 e. The quantitative estimate of drug-likeness (QED) is 0.655. The highest BCUT2D eigenvalue weighted by molar-refractivity contribution is 5.32. The number of benzene rings is 1. The van der Waals surface area contributed by atoms with Crippen LogP contribution in [0.25, 0.3) is 0 Å². The lowest BCUT2D eigenvalue weighted by Gasteiger charge is -2.32. The number of phenolic OH excluding ortho intramolecular Hbond substituents is 1. The zero-order valence-corrected chi connectivity index (χ0v) is 17.8. The number of hydrogen-bond donors (Lipinski definition) is 2. The Morgan fingerprint density at radius 2 is 1.38 bits per heavy atom. The molecule has 1 aliphatic carbocycles. The van der Waals surface area contributed by atoms with Gasteiger partial charge in [-0.25, -0.2) is 0 Å². The van der Waals surface area contributed by atoms with Gasteiger partial charge in [0.1, 0.15) is 17.6 Å². The lowest BCUT2D eigenvalue weighted by Crippen LogP contribution is -2.43. The van der Waals surface area contributed by atoms with Crippen LogP contribution in [0.15, 0.2) is 24.3 Å². The molecule has 24 heavy (non-hydrogen) atoms. The maximum absolute atomic E-state index is 9.16. The minimum absolute atomic E-state index is 0.233. The Kier molecular flexibility index (Phi) is 19.1. The normalized spacial score (nSPS) is 17.6. The van der Waals surface area contributed by atoms with E-state index in [1.54, 1.807) is 18.2 Å². The van der Waals surface area contributed by atoms with Crippen molar-refractivity contribution in [1.82, 2.24) is 0 Å². The number of hydrogen-bond acceptors (Lipinski definition) is 3. The van der Waals surface area contributed by atoms with Crippen LogP contribution in [0.2, 0.25) is 0 Å². The summed E-state index contributed by atoms with van der Waals surface area (Å²) in [5, 5.41) is 9.16. The first-order chi connectivity index (χ1) is 11.2.